The summed E-state index contributed by atoms with van der Waals surface area (Å²) in [5.41, 5.74) is 4.61. The van der Waals surface area contributed by atoms with Crippen LogP contribution in [0.1, 0.15) is 21.6 Å². The van der Waals surface area contributed by atoms with Crippen LogP contribution >= 0.6 is 0 Å². The Morgan fingerprint density at radius 3 is 2.95 bits per heavy atom. The molecule has 0 saturated heterocycles. The van der Waals surface area contributed by atoms with Gasteiger partial charge in [0.1, 0.15) is 0 Å². The minimum Gasteiger partial charge on any atom is -0.382 e. The summed E-state index contributed by atoms with van der Waals surface area (Å²) in [6.07, 6.45) is 1.79. The number of hydrogen-bond donors (Lipinski definition) is 3. The van der Waals surface area contributed by atoms with Gasteiger partial charge in [0.05, 0.1) is 23.1 Å². The third-order valence-electron chi connectivity index (χ3n) is 3.83. The standard InChI is InChI=1S/C15H19N5O/c1-10-11(9-19-20(10)2)8-18-15(21)12-4-3-5-13-14(12)17-7-6-16-13/h3-5,9,16-17H,6-8H2,1-2H3,(H,18,21). The number of fused-ring (bicyclic) bond motifs is 1. The highest BCUT2D eigenvalue weighted by molar-refractivity contribution is 6.02. The van der Waals surface area contributed by atoms with Crippen LogP contribution in [0.4, 0.5) is 11.4 Å². The van der Waals surface area contributed by atoms with E-state index in [9.17, 15) is 4.79 Å². The Hall–Kier alpha value is -2.50. The van der Waals surface area contributed by atoms with E-state index in [0.717, 1.165) is 35.7 Å². The first-order valence-electron chi connectivity index (χ1n) is 7.03. The van der Waals surface area contributed by atoms with Crippen LogP contribution in [-0.4, -0.2) is 28.8 Å². The minimum atomic E-state index is -0.0775. The Morgan fingerprint density at radius 1 is 1.38 bits per heavy atom. The lowest BCUT2D eigenvalue weighted by molar-refractivity contribution is 0.0951. The van der Waals surface area contributed by atoms with E-state index in [-0.39, 0.29) is 5.91 Å². The summed E-state index contributed by atoms with van der Waals surface area (Å²) in [5.74, 6) is -0.0775. The van der Waals surface area contributed by atoms with E-state index in [2.05, 4.69) is 21.0 Å². The molecule has 6 nitrogen and oxygen atoms in total. The molecule has 1 aliphatic rings. The molecular formula is C15H19N5O. The SMILES string of the molecule is Cc1c(CNC(=O)c2cccc3c2NCCN3)cnn1C. The van der Waals surface area contributed by atoms with Gasteiger partial charge >= 0.3 is 0 Å². The van der Waals surface area contributed by atoms with Gasteiger partial charge in [-0.05, 0) is 19.1 Å². The number of aryl methyl sites for hydroxylation is 1. The fourth-order valence-corrected chi connectivity index (χ4v) is 2.45. The van der Waals surface area contributed by atoms with E-state index in [1.165, 1.54) is 0 Å². The summed E-state index contributed by atoms with van der Waals surface area (Å²) in [4.78, 5) is 12.4. The maximum atomic E-state index is 12.4. The van der Waals surface area contributed by atoms with Gasteiger partial charge in [-0.25, -0.2) is 0 Å². The Balaban J connectivity index is 1.75. The number of rotatable bonds is 3. The molecule has 0 radical (unpaired) electrons. The molecule has 0 saturated carbocycles. The number of hydrogen-bond acceptors (Lipinski definition) is 4. The molecule has 0 atom stereocenters. The van der Waals surface area contributed by atoms with E-state index < -0.39 is 0 Å². The van der Waals surface area contributed by atoms with Crippen LogP contribution in [0, 0.1) is 6.92 Å². The van der Waals surface area contributed by atoms with Gasteiger partial charge in [0.25, 0.3) is 5.91 Å². The number of para-hydroxylation sites is 1. The second kappa shape index (κ2) is 5.47. The molecule has 0 aliphatic carbocycles. The summed E-state index contributed by atoms with van der Waals surface area (Å²) >= 11 is 0. The summed E-state index contributed by atoms with van der Waals surface area (Å²) in [6.45, 7) is 4.16. The van der Waals surface area contributed by atoms with Gasteiger partial charge in [-0.15, -0.1) is 0 Å². The van der Waals surface area contributed by atoms with Crippen molar-refractivity contribution in [3.05, 3.63) is 41.2 Å². The zero-order valence-corrected chi connectivity index (χ0v) is 12.2. The first-order chi connectivity index (χ1) is 10.2. The lowest BCUT2D eigenvalue weighted by Gasteiger charge is -2.22. The molecule has 3 rings (SSSR count). The van der Waals surface area contributed by atoms with Crippen LogP contribution in [0.25, 0.3) is 0 Å². The predicted octanol–water partition coefficient (Wildman–Crippen LogP) is 1.50. The second-order valence-corrected chi connectivity index (χ2v) is 5.14. The fraction of sp³-hybridized carbons (Fsp3) is 0.333. The first-order valence-corrected chi connectivity index (χ1v) is 7.03. The van der Waals surface area contributed by atoms with E-state index in [4.69, 9.17) is 0 Å². The number of benzene rings is 1. The molecule has 6 heteroatoms. The van der Waals surface area contributed by atoms with Crippen molar-refractivity contribution >= 4 is 17.3 Å². The number of anilines is 2. The average Bonchev–Trinajstić information content (AvgIpc) is 2.84. The summed E-state index contributed by atoms with van der Waals surface area (Å²) < 4.78 is 1.80. The van der Waals surface area contributed by atoms with Crippen molar-refractivity contribution in [3.8, 4) is 0 Å². The van der Waals surface area contributed by atoms with Crippen molar-refractivity contribution < 1.29 is 4.79 Å². The number of aromatic nitrogens is 2. The molecule has 0 spiro atoms. The smallest absolute Gasteiger partial charge is 0.253 e. The van der Waals surface area contributed by atoms with Crippen LogP contribution in [0.5, 0.6) is 0 Å². The zero-order chi connectivity index (χ0) is 14.8. The topological polar surface area (TPSA) is 71.0 Å². The van der Waals surface area contributed by atoms with Gasteiger partial charge in [-0.1, -0.05) is 6.07 Å². The van der Waals surface area contributed by atoms with E-state index in [1.54, 1.807) is 10.9 Å². The number of nitrogens with one attached hydrogen (secondary N) is 3. The predicted molar refractivity (Wildman–Crippen MR) is 82.5 cm³/mol. The highest BCUT2D eigenvalue weighted by Gasteiger charge is 2.17. The normalized spacial score (nSPS) is 13.0. The van der Waals surface area contributed by atoms with Gasteiger partial charge in [-0.2, -0.15) is 5.10 Å². The number of amides is 1. The Morgan fingerprint density at radius 2 is 2.19 bits per heavy atom. The molecule has 2 aromatic rings. The fourth-order valence-electron chi connectivity index (χ4n) is 2.45. The van der Waals surface area contributed by atoms with Gasteiger partial charge in [0.2, 0.25) is 0 Å². The maximum Gasteiger partial charge on any atom is 0.253 e. The van der Waals surface area contributed by atoms with Gasteiger partial charge < -0.3 is 16.0 Å². The van der Waals surface area contributed by atoms with Crippen molar-refractivity contribution in [1.82, 2.24) is 15.1 Å². The number of carbonyl (C=O) groups excluding carboxylic acids is 1. The molecule has 1 aromatic carbocycles. The Bertz CT molecular complexity index is 677. The van der Waals surface area contributed by atoms with E-state index in [0.29, 0.717) is 12.1 Å². The van der Waals surface area contributed by atoms with Crippen molar-refractivity contribution in [1.29, 1.82) is 0 Å². The van der Waals surface area contributed by atoms with Crippen LogP contribution in [0.2, 0.25) is 0 Å². The quantitative estimate of drug-likeness (QED) is 0.799. The van der Waals surface area contributed by atoms with Gasteiger partial charge in [0, 0.05) is 37.9 Å². The van der Waals surface area contributed by atoms with E-state index >= 15 is 0 Å². The molecule has 2 heterocycles. The number of carbonyl (C=O) groups is 1. The molecular weight excluding hydrogens is 266 g/mol. The average molecular weight is 285 g/mol. The molecule has 0 fully saturated rings. The third kappa shape index (κ3) is 2.56. The Kier molecular flexibility index (Phi) is 3.51. The molecule has 0 unspecified atom stereocenters. The molecule has 1 aliphatic heterocycles. The molecule has 0 bridgehead atoms. The summed E-state index contributed by atoms with van der Waals surface area (Å²) in [5, 5.41) is 13.7. The van der Waals surface area contributed by atoms with Crippen LogP contribution in [0.3, 0.4) is 0 Å². The lowest BCUT2D eigenvalue weighted by atomic mass is 10.1. The monoisotopic (exact) mass is 285 g/mol. The molecule has 1 aromatic heterocycles. The van der Waals surface area contributed by atoms with Crippen molar-refractivity contribution in [3.63, 3.8) is 0 Å². The zero-order valence-electron chi connectivity index (χ0n) is 12.2. The highest BCUT2D eigenvalue weighted by atomic mass is 16.1. The van der Waals surface area contributed by atoms with Crippen molar-refractivity contribution in [2.45, 2.75) is 13.5 Å². The van der Waals surface area contributed by atoms with Crippen LogP contribution in [0.15, 0.2) is 24.4 Å². The van der Waals surface area contributed by atoms with Gasteiger partial charge in [-0.3, -0.25) is 9.48 Å². The summed E-state index contributed by atoms with van der Waals surface area (Å²) in [7, 11) is 1.89. The highest BCUT2D eigenvalue weighted by Crippen LogP contribution is 2.28. The molecule has 1 amide bonds. The molecule has 110 valence electrons. The Labute approximate surface area is 123 Å². The van der Waals surface area contributed by atoms with Crippen LogP contribution < -0.4 is 16.0 Å². The maximum absolute atomic E-state index is 12.4. The van der Waals surface area contributed by atoms with Gasteiger partial charge in [0.15, 0.2) is 0 Å². The summed E-state index contributed by atoms with van der Waals surface area (Å²) in [6, 6.07) is 5.71. The first kappa shape index (κ1) is 13.5. The largest absolute Gasteiger partial charge is 0.382 e. The lowest BCUT2D eigenvalue weighted by Crippen LogP contribution is -2.27. The number of nitrogens with zero attached hydrogens (tertiary/aromatic N) is 2. The van der Waals surface area contributed by atoms with E-state index in [1.807, 2.05) is 32.2 Å². The molecule has 3 N–H and O–H groups in total. The van der Waals surface area contributed by atoms with Crippen molar-refractivity contribution in [2.75, 3.05) is 23.7 Å². The van der Waals surface area contributed by atoms with Crippen molar-refractivity contribution in [2.24, 2.45) is 7.05 Å². The minimum absolute atomic E-state index is 0.0775. The van der Waals surface area contributed by atoms with Crippen LogP contribution in [-0.2, 0) is 13.6 Å². The molecule has 21 heavy (non-hydrogen) atoms. The second-order valence-electron chi connectivity index (χ2n) is 5.14. The third-order valence-corrected chi connectivity index (χ3v) is 3.83.